The summed E-state index contributed by atoms with van der Waals surface area (Å²) < 4.78 is 6.59. The van der Waals surface area contributed by atoms with Gasteiger partial charge < -0.3 is 20.3 Å². The molecule has 2 N–H and O–H groups in total. The van der Waals surface area contributed by atoms with Crippen LogP contribution in [0.5, 0.6) is 5.75 Å². The van der Waals surface area contributed by atoms with Crippen LogP contribution in [0.1, 0.15) is 5.56 Å². The van der Waals surface area contributed by atoms with E-state index in [1.165, 1.54) is 10.1 Å². The molecule has 3 aromatic rings. The van der Waals surface area contributed by atoms with Crippen LogP contribution in [-0.4, -0.2) is 30.5 Å². The molecule has 2 aromatic carbocycles. The third-order valence-corrected chi connectivity index (χ3v) is 5.19. The van der Waals surface area contributed by atoms with Crippen LogP contribution in [0.3, 0.4) is 0 Å². The van der Waals surface area contributed by atoms with E-state index < -0.39 is 0 Å². The number of amides is 3. The molecule has 0 unspecified atom stereocenters. The highest BCUT2D eigenvalue weighted by atomic mass is 32.1. The molecule has 7 heteroatoms. The maximum Gasteiger partial charge on any atom is 0.321 e. The topological polar surface area (TPSA) is 70.7 Å². The number of anilines is 2. The molecule has 1 aromatic heterocycles. The van der Waals surface area contributed by atoms with E-state index in [4.69, 9.17) is 4.74 Å². The Labute approximate surface area is 154 Å². The van der Waals surface area contributed by atoms with Crippen molar-refractivity contribution >= 4 is 44.7 Å². The van der Waals surface area contributed by atoms with Crippen molar-refractivity contribution < 1.29 is 14.3 Å². The minimum atomic E-state index is -0.208. The molecule has 132 valence electrons. The summed E-state index contributed by atoms with van der Waals surface area (Å²) >= 11 is 1.68. The van der Waals surface area contributed by atoms with Gasteiger partial charge in [-0.15, -0.1) is 11.3 Å². The number of thiophene rings is 1. The summed E-state index contributed by atoms with van der Waals surface area (Å²) in [5, 5.41) is 8.85. The summed E-state index contributed by atoms with van der Waals surface area (Å²) in [6, 6.07) is 13.1. The molecule has 4 rings (SSSR count). The van der Waals surface area contributed by atoms with Gasteiger partial charge in [0.1, 0.15) is 5.75 Å². The lowest BCUT2D eigenvalue weighted by molar-refractivity contribution is -0.118. The first-order valence-electron chi connectivity index (χ1n) is 8.14. The number of nitrogens with zero attached hydrogens (tertiary/aromatic N) is 1. The smallest absolute Gasteiger partial charge is 0.321 e. The number of rotatable bonds is 3. The van der Waals surface area contributed by atoms with Crippen molar-refractivity contribution in [2.24, 2.45) is 0 Å². The van der Waals surface area contributed by atoms with Crippen molar-refractivity contribution in [3.8, 4) is 5.75 Å². The van der Waals surface area contributed by atoms with Crippen LogP contribution in [0, 0.1) is 0 Å². The number of urea groups is 1. The van der Waals surface area contributed by atoms with E-state index in [1.807, 2.05) is 12.1 Å². The SMILES string of the molecule is CN(Cc1csc2ccccc12)C(=O)Nc1ccc2c(c1)OCC(=O)N2. The lowest BCUT2D eigenvalue weighted by Crippen LogP contribution is -2.31. The minimum absolute atomic E-state index is 0.0183. The molecule has 6 nitrogen and oxygen atoms in total. The van der Waals surface area contributed by atoms with E-state index in [-0.39, 0.29) is 18.5 Å². The molecular weight excluding hydrogens is 350 g/mol. The summed E-state index contributed by atoms with van der Waals surface area (Å²) in [6.07, 6.45) is 0. The Morgan fingerprint density at radius 3 is 3.04 bits per heavy atom. The lowest BCUT2D eigenvalue weighted by Gasteiger charge is -2.20. The molecule has 0 radical (unpaired) electrons. The van der Waals surface area contributed by atoms with Gasteiger partial charge in [0.2, 0.25) is 0 Å². The van der Waals surface area contributed by atoms with Crippen molar-refractivity contribution in [3.63, 3.8) is 0 Å². The lowest BCUT2D eigenvalue weighted by atomic mass is 10.2. The number of carbonyl (C=O) groups excluding carboxylic acids is 2. The molecule has 0 saturated heterocycles. The fourth-order valence-electron chi connectivity index (χ4n) is 2.85. The van der Waals surface area contributed by atoms with Gasteiger partial charge in [0, 0.05) is 30.0 Å². The standard InChI is InChI=1S/C19H17N3O3S/c1-22(9-12-11-26-17-5-3-2-4-14(12)17)19(24)20-13-6-7-15-16(8-13)25-10-18(23)21-15/h2-8,11H,9-10H2,1H3,(H,20,24)(H,21,23). The Morgan fingerprint density at radius 1 is 1.31 bits per heavy atom. The van der Waals surface area contributed by atoms with Crippen molar-refractivity contribution in [2.45, 2.75) is 6.54 Å². The summed E-state index contributed by atoms with van der Waals surface area (Å²) in [5.41, 5.74) is 2.35. The molecule has 0 spiro atoms. The van der Waals surface area contributed by atoms with Gasteiger partial charge in [0.05, 0.1) is 5.69 Å². The predicted molar refractivity (Wildman–Crippen MR) is 103 cm³/mol. The number of hydrogen-bond donors (Lipinski definition) is 2. The van der Waals surface area contributed by atoms with E-state index in [0.29, 0.717) is 23.7 Å². The summed E-state index contributed by atoms with van der Waals surface area (Å²) in [4.78, 5) is 25.4. The molecule has 0 bridgehead atoms. The van der Waals surface area contributed by atoms with E-state index in [0.717, 1.165) is 5.56 Å². The third-order valence-electron chi connectivity index (χ3n) is 4.18. The monoisotopic (exact) mass is 367 g/mol. The van der Waals surface area contributed by atoms with Gasteiger partial charge in [-0.05, 0) is 34.5 Å². The van der Waals surface area contributed by atoms with Crippen molar-refractivity contribution in [3.05, 3.63) is 53.4 Å². The fourth-order valence-corrected chi connectivity index (χ4v) is 3.81. The highest BCUT2D eigenvalue weighted by molar-refractivity contribution is 7.17. The van der Waals surface area contributed by atoms with Crippen LogP contribution in [0.25, 0.3) is 10.1 Å². The molecular formula is C19H17N3O3S. The summed E-state index contributed by atoms with van der Waals surface area (Å²) in [7, 11) is 1.76. The van der Waals surface area contributed by atoms with E-state index in [1.54, 1.807) is 41.5 Å². The first kappa shape index (κ1) is 16.4. The number of ether oxygens (including phenoxy) is 1. The van der Waals surface area contributed by atoms with Crippen LogP contribution in [0.15, 0.2) is 47.8 Å². The zero-order chi connectivity index (χ0) is 18.1. The Hall–Kier alpha value is -3.06. The van der Waals surface area contributed by atoms with Crippen LogP contribution in [-0.2, 0) is 11.3 Å². The average molecular weight is 367 g/mol. The van der Waals surface area contributed by atoms with Gasteiger partial charge in [-0.25, -0.2) is 4.79 Å². The molecule has 2 heterocycles. The zero-order valence-electron chi connectivity index (χ0n) is 14.1. The molecule has 3 amide bonds. The van der Waals surface area contributed by atoms with E-state index in [9.17, 15) is 9.59 Å². The van der Waals surface area contributed by atoms with E-state index >= 15 is 0 Å². The maximum atomic E-state index is 12.5. The summed E-state index contributed by atoms with van der Waals surface area (Å²) in [5.74, 6) is 0.367. The van der Waals surface area contributed by atoms with Gasteiger partial charge in [-0.1, -0.05) is 18.2 Å². The molecule has 1 aliphatic rings. The highest BCUT2D eigenvalue weighted by Crippen LogP contribution is 2.31. The molecule has 1 aliphatic heterocycles. The van der Waals surface area contributed by atoms with Crippen LogP contribution < -0.4 is 15.4 Å². The van der Waals surface area contributed by atoms with Crippen molar-refractivity contribution in [1.29, 1.82) is 0 Å². The first-order valence-corrected chi connectivity index (χ1v) is 9.02. The van der Waals surface area contributed by atoms with Gasteiger partial charge in [-0.3, -0.25) is 4.79 Å². The van der Waals surface area contributed by atoms with Crippen molar-refractivity contribution in [1.82, 2.24) is 4.90 Å². The van der Waals surface area contributed by atoms with Gasteiger partial charge in [0.25, 0.3) is 5.91 Å². The van der Waals surface area contributed by atoms with Gasteiger partial charge in [-0.2, -0.15) is 0 Å². The van der Waals surface area contributed by atoms with Crippen molar-refractivity contribution in [2.75, 3.05) is 24.3 Å². The Balaban J connectivity index is 1.45. The second-order valence-corrected chi connectivity index (χ2v) is 7.00. The van der Waals surface area contributed by atoms with Crippen LogP contribution >= 0.6 is 11.3 Å². The number of benzene rings is 2. The largest absolute Gasteiger partial charge is 0.482 e. The van der Waals surface area contributed by atoms with Crippen LogP contribution in [0.4, 0.5) is 16.2 Å². The Morgan fingerprint density at radius 2 is 2.15 bits per heavy atom. The first-order chi connectivity index (χ1) is 12.6. The molecule has 26 heavy (non-hydrogen) atoms. The quantitative estimate of drug-likeness (QED) is 0.738. The fraction of sp³-hybridized carbons (Fsp3) is 0.158. The number of fused-ring (bicyclic) bond motifs is 2. The second kappa shape index (κ2) is 6.68. The zero-order valence-corrected chi connectivity index (χ0v) is 14.9. The molecule has 0 fully saturated rings. The Kier molecular flexibility index (Phi) is 4.22. The second-order valence-electron chi connectivity index (χ2n) is 6.09. The molecule has 0 atom stereocenters. The predicted octanol–water partition coefficient (Wildman–Crippen LogP) is 3.90. The number of nitrogens with one attached hydrogen (secondary N) is 2. The number of carbonyl (C=O) groups is 2. The molecule has 0 saturated carbocycles. The number of hydrogen-bond acceptors (Lipinski definition) is 4. The Bertz CT molecular complexity index is 999. The average Bonchev–Trinajstić information content (AvgIpc) is 3.05. The molecule has 0 aliphatic carbocycles. The highest BCUT2D eigenvalue weighted by Gasteiger charge is 2.17. The minimum Gasteiger partial charge on any atom is -0.482 e. The van der Waals surface area contributed by atoms with Gasteiger partial charge >= 0.3 is 6.03 Å². The van der Waals surface area contributed by atoms with Crippen LogP contribution in [0.2, 0.25) is 0 Å². The van der Waals surface area contributed by atoms with E-state index in [2.05, 4.69) is 28.1 Å². The summed E-state index contributed by atoms with van der Waals surface area (Å²) in [6.45, 7) is 0.503. The normalized spacial score (nSPS) is 12.9. The third kappa shape index (κ3) is 3.21. The maximum absolute atomic E-state index is 12.5. The van der Waals surface area contributed by atoms with Gasteiger partial charge in [0.15, 0.2) is 6.61 Å².